The molecule has 1 saturated heterocycles. The highest BCUT2D eigenvalue weighted by Gasteiger charge is 2.40. The van der Waals surface area contributed by atoms with Gasteiger partial charge in [0.15, 0.2) is 0 Å². The van der Waals surface area contributed by atoms with Crippen molar-refractivity contribution in [2.24, 2.45) is 17.6 Å². The summed E-state index contributed by atoms with van der Waals surface area (Å²) in [5.74, 6) is 1.56. The molecule has 2 unspecified atom stereocenters. The van der Waals surface area contributed by atoms with E-state index in [2.05, 4.69) is 6.92 Å². The van der Waals surface area contributed by atoms with Crippen LogP contribution in [0.5, 0.6) is 0 Å². The molecule has 0 aromatic heterocycles. The van der Waals surface area contributed by atoms with Crippen molar-refractivity contribution in [1.29, 1.82) is 0 Å². The summed E-state index contributed by atoms with van der Waals surface area (Å²) in [7, 11) is 1.87. The summed E-state index contributed by atoms with van der Waals surface area (Å²) in [6.45, 7) is 4.31. The van der Waals surface area contributed by atoms with Crippen molar-refractivity contribution in [3.8, 4) is 0 Å². The molecular weight excluding hydrogens is 204 g/mol. The minimum atomic E-state index is -0.675. The third-order valence-electron chi connectivity index (χ3n) is 3.94. The van der Waals surface area contributed by atoms with Gasteiger partial charge in [-0.25, -0.2) is 0 Å². The van der Waals surface area contributed by atoms with Gasteiger partial charge in [-0.05, 0) is 31.1 Å². The van der Waals surface area contributed by atoms with Crippen LogP contribution in [0.3, 0.4) is 0 Å². The van der Waals surface area contributed by atoms with Gasteiger partial charge in [-0.3, -0.25) is 4.79 Å². The molecule has 1 aliphatic carbocycles. The molecule has 0 aromatic rings. The Labute approximate surface area is 97.1 Å². The molecule has 2 atom stereocenters. The van der Waals surface area contributed by atoms with Crippen molar-refractivity contribution in [3.05, 3.63) is 0 Å². The Balaban J connectivity index is 1.89. The molecule has 2 aliphatic rings. The van der Waals surface area contributed by atoms with Gasteiger partial charge in [0.25, 0.3) is 0 Å². The first-order chi connectivity index (χ1) is 7.53. The van der Waals surface area contributed by atoms with Crippen LogP contribution in [0.25, 0.3) is 0 Å². The molecule has 4 nitrogen and oxygen atoms in total. The largest absolute Gasteiger partial charge is 0.381 e. The SMILES string of the molecule is CC1CC1CN(C)C(=O)C1(N)CCOCC1. The van der Waals surface area contributed by atoms with Crippen molar-refractivity contribution in [2.45, 2.75) is 31.7 Å². The van der Waals surface area contributed by atoms with E-state index in [1.54, 1.807) is 0 Å². The van der Waals surface area contributed by atoms with Crippen LogP contribution >= 0.6 is 0 Å². The minimum Gasteiger partial charge on any atom is -0.381 e. The van der Waals surface area contributed by atoms with Crippen LogP contribution in [0.2, 0.25) is 0 Å². The lowest BCUT2D eigenvalue weighted by Gasteiger charge is -2.35. The molecular formula is C12H22N2O2. The van der Waals surface area contributed by atoms with Crippen molar-refractivity contribution in [2.75, 3.05) is 26.8 Å². The van der Waals surface area contributed by atoms with Crippen LogP contribution in [0.4, 0.5) is 0 Å². The first kappa shape index (κ1) is 11.9. The summed E-state index contributed by atoms with van der Waals surface area (Å²) in [4.78, 5) is 14.1. The predicted molar refractivity (Wildman–Crippen MR) is 61.9 cm³/mol. The first-order valence-corrected chi connectivity index (χ1v) is 6.15. The first-order valence-electron chi connectivity index (χ1n) is 6.15. The minimum absolute atomic E-state index is 0.0925. The fourth-order valence-corrected chi connectivity index (χ4v) is 2.42. The Morgan fingerprint density at radius 3 is 2.56 bits per heavy atom. The van der Waals surface area contributed by atoms with Gasteiger partial charge in [-0.2, -0.15) is 0 Å². The Kier molecular flexibility index (Phi) is 3.22. The zero-order valence-corrected chi connectivity index (χ0v) is 10.2. The van der Waals surface area contributed by atoms with E-state index in [1.165, 1.54) is 6.42 Å². The molecule has 0 spiro atoms. The summed E-state index contributed by atoms with van der Waals surface area (Å²) in [5.41, 5.74) is 5.49. The van der Waals surface area contributed by atoms with Gasteiger partial charge in [0.1, 0.15) is 0 Å². The van der Waals surface area contributed by atoms with Crippen molar-refractivity contribution in [3.63, 3.8) is 0 Å². The van der Waals surface area contributed by atoms with E-state index in [1.807, 2.05) is 11.9 Å². The standard InChI is InChI=1S/C12H22N2O2/c1-9-7-10(9)8-14(2)11(15)12(13)3-5-16-6-4-12/h9-10H,3-8,13H2,1-2H3. The number of carbonyl (C=O) groups is 1. The summed E-state index contributed by atoms with van der Waals surface area (Å²) >= 11 is 0. The average Bonchev–Trinajstić information content (AvgIpc) is 2.94. The highest BCUT2D eigenvalue weighted by atomic mass is 16.5. The Hall–Kier alpha value is -0.610. The van der Waals surface area contributed by atoms with Crippen LogP contribution in [0, 0.1) is 11.8 Å². The van der Waals surface area contributed by atoms with Crippen LogP contribution in [-0.4, -0.2) is 43.2 Å². The monoisotopic (exact) mass is 226 g/mol. The number of likely N-dealkylation sites (N-methyl/N-ethyl adjacent to an activating group) is 1. The summed E-state index contributed by atoms with van der Waals surface area (Å²) in [5, 5.41) is 0. The predicted octanol–water partition coefficient (Wildman–Crippen LogP) is 0.609. The summed E-state index contributed by atoms with van der Waals surface area (Å²) in [6, 6.07) is 0. The number of hydrogen-bond donors (Lipinski definition) is 1. The molecule has 1 amide bonds. The van der Waals surface area contributed by atoms with Gasteiger partial charge < -0.3 is 15.4 Å². The summed E-state index contributed by atoms with van der Waals surface area (Å²) < 4.78 is 5.25. The van der Waals surface area contributed by atoms with Gasteiger partial charge in [0, 0.05) is 26.8 Å². The number of amides is 1. The highest BCUT2D eigenvalue weighted by molar-refractivity contribution is 5.86. The Bertz CT molecular complexity index is 274. The van der Waals surface area contributed by atoms with Gasteiger partial charge >= 0.3 is 0 Å². The highest BCUT2D eigenvalue weighted by Crippen LogP contribution is 2.38. The Morgan fingerprint density at radius 2 is 2.06 bits per heavy atom. The summed E-state index contributed by atoms with van der Waals surface area (Å²) in [6.07, 6.45) is 2.55. The van der Waals surface area contributed by atoms with Crippen LogP contribution in [0.1, 0.15) is 26.2 Å². The lowest BCUT2D eigenvalue weighted by molar-refractivity contribution is -0.139. The molecule has 0 aromatic carbocycles. The fraction of sp³-hybridized carbons (Fsp3) is 0.917. The zero-order valence-electron chi connectivity index (χ0n) is 10.2. The van der Waals surface area contributed by atoms with E-state index < -0.39 is 5.54 Å². The molecule has 2 rings (SSSR count). The van der Waals surface area contributed by atoms with Gasteiger partial charge in [0.05, 0.1) is 5.54 Å². The van der Waals surface area contributed by atoms with Gasteiger partial charge in [0.2, 0.25) is 5.91 Å². The number of rotatable bonds is 3. The number of carbonyl (C=O) groups excluding carboxylic acids is 1. The Morgan fingerprint density at radius 1 is 1.50 bits per heavy atom. The maximum Gasteiger partial charge on any atom is 0.242 e. The van der Waals surface area contributed by atoms with Crippen LogP contribution in [-0.2, 0) is 9.53 Å². The lowest BCUT2D eigenvalue weighted by atomic mass is 9.90. The number of hydrogen-bond acceptors (Lipinski definition) is 3. The van der Waals surface area contributed by atoms with Gasteiger partial charge in [-0.15, -0.1) is 0 Å². The maximum absolute atomic E-state index is 12.2. The second-order valence-electron chi connectivity index (χ2n) is 5.43. The van der Waals surface area contributed by atoms with E-state index in [9.17, 15) is 4.79 Å². The van der Waals surface area contributed by atoms with Gasteiger partial charge in [-0.1, -0.05) is 6.92 Å². The third kappa shape index (κ3) is 2.38. The molecule has 0 bridgehead atoms. The second-order valence-corrected chi connectivity index (χ2v) is 5.43. The molecule has 4 heteroatoms. The normalized spacial score (nSPS) is 32.2. The molecule has 1 saturated carbocycles. The number of nitrogens with zero attached hydrogens (tertiary/aromatic N) is 1. The lowest BCUT2D eigenvalue weighted by Crippen LogP contribution is -2.57. The molecule has 2 N–H and O–H groups in total. The van der Waals surface area contributed by atoms with E-state index in [0.29, 0.717) is 32.0 Å². The van der Waals surface area contributed by atoms with Crippen molar-refractivity contribution >= 4 is 5.91 Å². The fourth-order valence-electron chi connectivity index (χ4n) is 2.42. The van der Waals surface area contributed by atoms with Crippen LogP contribution < -0.4 is 5.73 Å². The quantitative estimate of drug-likeness (QED) is 0.767. The van der Waals surface area contributed by atoms with Crippen molar-refractivity contribution in [1.82, 2.24) is 4.90 Å². The van der Waals surface area contributed by atoms with Crippen molar-refractivity contribution < 1.29 is 9.53 Å². The van der Waals surface area contributed by atoms with E-state index in [-0.39, 0.29) is 5.91 Å². The number of ether oxygens (including phenoxy) is 1. The van der Waals surface area contributed by atoms with E-state index >= 15 is 0 Å². The molecule has 0 radical (unpaired) electrons. The molecule has 1 heterocycles. The average molecular weight is 226 g/mol. The molecule has 1 aliphatic heterocycles. The molecule has 92 valence electrons. The number of nitrogens with two attached hydrogens (primary N) is 1. The van der Waals surface area contributed by atoms with E-state index in [0.717, 1.165) is 12.5 Å². The molecule has 2 fully saturated rings. The van der Waals surface area contributed by atoms with E-state index in [4.69, 9.17) is 10.5 Å². The smallest absolute Gasteiger partial charge is 0.242 e. The third-order valence-corrected chi connectivity index (χ3v) is 3.94. The zero-order chi connectivity index (χ0) is 11.8. The molecule has 16 heavy (non-hydrogen) atoms. The maximum atomic E-state index is 12.2. The second kappa shape index (κ2) is 4.34. The van der Waals surface area contributed by atoms with Crippen LogP contribution in [0.15, 0.2) is 0 Å². The topological polar surface area (TPSA) is 55.6 Å².